The molecular formula is C17H19ClN4O5S. The minimum absolute atomic E-state index is 0.120. The first-order valence-electron chi connectivity index (χ1n) is 8.35. The molecular weight excluding hydrogens is 408 g/mol. The van der Waals surface area contributed by atoms with Gasteiger partial charge in [0.15, 0.2) is 11.4 Å². The van der Waals surface area contributed by atoms with E-state index >= 15 is 0 Å². The van der Waals surface area contributed by atoms with Crippen LogP contribution in [0.2, 0.25) is 5.15 Å². The van der Waals surface area contributed by atoms with Crippen LogP contribution in [0.3, 0.4) is 0 Å². The number of carbonyl (C=O) groups is 3. The fraction of sp³-hybridized carbons (Fsp3) is 0.294. The number of nitrogens with two attached hydrogens (primary N) is 1. The van der Waals surface area contributed by atoms with Crippen LogP contribution < -0.4 is 10.5 Å². The molecule has 1 aromatic carbocycles. The number of aryl methyl sites for hydroxylation is 1. The van der Waals surface area contributed by atoms with Gasteiger partial charge in [-0.1, -0.05) is 37.1 Å². The van der Waals surface area contributed by atoms with Crippen LogP contribution in [0.25, 0.3) is 0 Å². The third-order valence-electron chi connectivity index (χ3n) is 3.93. The normalized spacial score (nSPS) is 11.2. The Kier molecular flexibility index (Phi) is 6.92. The molecule has 0 aliphatic carbocycles. The Morgan fingerprint density at radius 2 is 1.93 bits per heavy atom. The van der Waals surface area contributed by atoms with Crippen LogP contribution in [0.5, 0.6) is 0 Å². The summed E-state index contributed by atoms with van der Waals surface area (Å²) in [4.78, 5) is 37.3. The van der Waals surface area contributed by atoms with Gasteiger partial charge in [-0.15, -0.1) is 0 Å². The largest absolute Gasteiger partial charge is 0.361 e. The number of nitrogens with one attached hydrogen (secondary N) is 1. The number of rotatable bonds is 8. The molecule has 2 rings (SSSR count). The second kappa shape index (κ2) is 8.98. The number of aldehydes is 1. The molecule has 0 aliphatic heterocycles. The van der Waals surface area contributed by atoms with Crippen molar-refractivity contribution in [3.05, 3.63) is 46.5 Å². The third-order valence-corrected chi connectivity index (χ3v) is 5.56. The molecule has 0 radical (unpaired) electrons. The van der Waals surface area contributed by atoms with Crippen LogP contribution in [0.15, 0.2) is 29.2 Å². The van der Waals surface area contributed by atoms with Gasteiger partial charge >= 0.3 is 11.8 Å². The summed E-state index contributed by atoms with van der Waals surface area (Å²) in [6.07, 6.45) is 3.10. The van der Waals surface area contributed by atoms with Gasteiger partial charge < -0.3 is 10.3 Å². The Balaban J connectivity index is 2.27. The summed E-state index contributed by atoms with van der Waals surface area (Å²) in [5, 5.41) is 0.120. The molecule has 0 bridgehead atoms. The van der Waals surface area contributed by atoms with E-state index in [4.69, 9.17) is 17.3 Å². The quantitative estimate of drug-likeness (QED) is 0.477. The van der Waals surface area contributed by atoms with Gasteiger partial charge in [0.2, 0.25) is 0 Å². The van der Waals surface area contributed by atoms with Gasteiger partial charge in [-0.3, -0.25) is 14.4 Å². The number of hydrogen-bond donors (Lipinski definition) is 2. The smallest absolute Gasteiger partial charge is 0.322 e. The van der Waals surface area contributed by atoms with Crippen molar-refractivity contribution < 1.29 is 22.8 Å². The van der Waals surface area contributed by atoms with Gasteiger partial charge in [0, 0.05) is 13.0 Å². The van der Waals surface area contributed by atoms with Crippen LogP contribution in [0.4, 0.5) is 0 Å². The predicted octanol–water partition coefficient (Wildman–Crippen LogP) is 1.03. The molecule has 2 aromatic rings. The second-order valence-corrected chi connectivity index (χ2v) is 7.99. The van der Waals surface area contributed by atoms with Crippen LogP contribution in [-0.4, -0.2) is 36.1 Å². The first-order chi connectivity index (χ1) is 13.2. The van der Waals surface area contributed by atoms with Crippen molar-refractivity contribution in [1.82, 2.24) is 14.3 Å². The number of benzene rings is 1. The van der Waals surface area contributed by atoms with Crippen LogP contribution >= 0.6 is 11.6 Å². The number of carbonyl (C=O) groups excluding carboxylic acids is 3. The summed E-state index contributed by atoms with van der Waals surface area (Å²) < 4.78 is 27.4. The summed E-state index contributed by atoms with van der Waals surface area (Å²) >= 11 is 6.03. The fourth-order valence-corrected chi connectivity index (χ4v) is 3.68. The second-order valence-electron chi connectivity index (χ2n) is 5.95. The number of sulfonamides is 1. The average Bonchev–Trinajstić information content (AvgIpc) is 2.94. The Labute approximate surface area is 166 Å². The summed E-state index contributed by atoms with van der Waals surface area (Å²) in [5.74, 6) is -2.16. The minimum Gasteiger partial charge on any atom is -0.361 e. The van der Waals surface area contributed by atoms with Gasteiger partial charge in [-0.05, 0) is 24.1 Å². The number of amides is 2. The molecule has 0 saturated carbocycles. The van der Waals surface area contributed by atoms with Crippen LogP contribution in [-0.2, 0) is 32.6 Å². The summed E-state index contributed by atoms with van der Waals surface area (Å²) in [5.41, 5.74) is 5.68. The maximum atomic E-state index is 12.1. The van der Waals surface area contributed by atoms with E-state index in [0.717, 1.165) is 12.8 Å². The van der Waals surface area contributed by atoms with Crippen molar-refractivity contribution in [2.75, 3.05) is 0 Å². The lowest BCUT2D eigenvalue weighted by Gasteiger charge is -2.11. The number of hydrogen-bond acceptors (Lipinski definition) is 6. The first kappa shape index (κ1) is 21.6. The Bertz CT molecular complexity index is 999. The summed E-state index contributed by atoms with van der Waals surface area (Å²) in [7, 11) is -4.22. The first-order valence-corrected chi connectivity index (χ1v) is 10.2. The lowest BCUT2D eigenvalue weighted by atomic mass is 10.2. The third kappa shape index (κ3) is 4.96. The van der Waals surface area contributed by atoms with E-state index in [1.54, 1.807) is 9.29 Å². The number of imidazole rings is 1. The number of primary amides is 1. The molecule has 0 spiro atoms. The van der Waals surface area contributed by atoms with Gasteiger partial charge in [0.05, 0.1) is 4.90 Å². The van der Waals surface area contributed by atoms with Crippen LogP contribution in [0.1, 0.15) is 41.6 Å². The molecule has 0 unspecified atom stereocenters. The molecule has 3 N–H and O–H groups in total. The molecule has 150 valence electrons. The minimum atomic E-state index is -4.22. The zero-order valence-electron chi connectivity index (χ0n) is 15.0. The standard InChI is InChI=1S/C17H19ClN4O5S/c1-2-3-4-14-20-15(18)13(10-23)22(14)9-11-5-7-12(8-6-11)28(26,27)21-17(25)16(19)24/h5-8,10H,2-4,9H2,1H3,(H2,19,24)(H,21,25). The number of halogens is 1. The van der Waals surface area contributed by atoms with E-state index in [9.17, 15) is 22.8 Å². The highest BCUT2D eigenvalue weighted by atomic mass is 35.5. The maximum Gasteiger partial charge on any atom is 0.322 e. The number of aromatic nitrogens is 2. The lowest BCUT2D eigenvalue weighted by molar-refractivity contribution is -0.136. The van der Waals surface area contributed by atoms with E-state index in [0.29, 0.717) is 24.1 Å². The SMILES string of the molecule is CCCCc1nc(Cl)c(C=O)n1Cc1ccc(S(=O)(=O)NC(=O)C(N)=O)cc1. The van der Waals surface area contributed by atoms with E-state index in [1.807, 2.05) is 6.92 Å². The predicted molar refractivity (Wildman–Crippen MR) is 101 cm³/mol. The molecule has 0 aliphatic rings. The molecule has 0 atom stereocenters. The van der Waals surface area contributed by atoms with E-state index < -0.39 is 21.8 Å². The van der Waals surface area contributed by atoms with Crippen molar-refractivity contribution in [2.24, 2.45) is 5.73 Å². The van der Waals surface area contributed by atoms with E-state index in [-0.39, 0.29) is 22.3 Å². The van der Waals surface area contributed by atoms with Gasteiger partial charge in [-0.2, -0.15) is 0 Å². The zero-order chi connectivity index (χ0) is 20.9. The molecule has 11 heteroatoms. The maximum absolute atomic E-state index is 12.1. The van der Waals surface area contributed by atoms with Crippen molar-refractivity contribution in [3.8, 4) is 0 Å². The highest BCUT2D eigenvalue weighted by Crippen LogP contribution is 2.20. The molecule has 1 heterocycles. The van der Waals surface area contributed by atoms with Crippen molar-refractivity contribution in [2.45, 2.75) is 37.6 Å². The number of unbranched alkanes of at least 4 members (excludes halogenated alkanes) is 1. The molecule has 2 amide bonds. The topological polar surface area (TPSA) is 141 Å². The number of nitrogens with zero attached hydrogens (tertiary/aromatic N) is 2. The Morgan fingerprint density at radius 1 is 1.29 bits per heavy atom. The molecule has 1 aromatic heterocycles. The fourth-order valence-electron chi connectivity index (χ4n) is 2.48. The lowest BCUT2D eigenvalue weighted by Crippen LogP contribution is -2.39. The van der Waals surface area contributed by atoms with E-state index in [1.165, 1.54) is 24.3 Å². The highest BCUT2D eigenvalue weighted by molar-refractivity contribution is 7.90. The monoisotopic (exact) mass is 426 g/mol. The zero-order valence-corrected chi connectivity index (χ0v) is 16.6. The molecule has 9 nitrogen and oxygen atoms in total. The highest BCUT2D eigenvalue weighted by Gasteiger charge is 2.21. The van der Waals surface area contributed by atoms with Crippen molar-refractivity contribution in [3.63, 3.8) is 0 Å². The van der Waals surface area contributed by atoms with Crippen molar-refractivity contribution >= 4 is 39.7 Å². The molecule has 28 heavy (non-hydrogen) atoms. The van der Waals surface area contributed by atoms with Gasteiger partial charge in [-0.25, -0.2) is 18.1 Å². The van der Waals surface area contributed by atoms with Crippen LogP contribution in [0, 0.1) is 0 Å². The van der Waals surface area contributed by atoms with Gasteiger partial charge in [0.1, 0.15) is 11.5 Å². The summed E-state index contributed by atoms with van der Waals surface area (Å²) in [6, 6.07) is 5.60. The Hall–Kier alpha value is -2.72. The summed E-state index contributed by atoms with van der Waals surface area (Å²) in [6.45, 7) is 2.30. The Morgan fingerprint density at radius 3 is 2.46 bits per heavy atom. The average molecular weight is 427 g/mol. The molecule has 0 fully saturated rings. The van der Waals surface area contributed by atoms with E-state index in [2.05, 4.69) is 4.98 Å². The van der Waals surface area contributed by atoms with Gasteiger partial charge in [0.25, 0.3) is 10.0 Å². The molecule has 0 saturated heterocycles. The van der Waals surface area contributed by atoms with Crippen molar-refractivity contribution in [1.29, 1.82) is 0 Å².